The molecule has 0 aromatic carbocycles. The van der Waals surface area contributed by atoms with E-state index in [9.17, 15) is 9.59 Å². The van der Waals surface area contributed by atoms with Crippen LogP contribution in [0.25, 0.3) is 5.65 Å². The topological polar surface area (TPSA) is 95.7 Å². The van der Waals surface area contributed by atoms with Crippen molar-refractivity contribution < 1.29 is 9.59 Å². The highest BCUT2D eigenvalue weighted by atomic mass is 16.2. The summed E-state index contributed by atoms with van der Waals surface area (Å²) in [5.74, 6) is 0.737. The van der Waals surface area contributed by atoms with Gasteiger partial charge in [-0.25, -0.2) is 4.79 Å². The molecule has 1 fully saturated rings. The lowest BCUT2D eigenvalue weighted by atomic mass is 10.1. The average Bonchev–Trinajstić information content (AvgIpc) is 3.40. The van der Waals surface area contributed by atoms with E-state index in [-0.39, 0.29) is 17.9 Å². The number of nitrogens with one attached hydrogen (secondary N) is 1. The van der Waals surface area contributed by atoms with Gasteiger partial charge in [0.1, 0.15) is 5.82 Å². The maximum atomic E-state index is 12.6. The maximum absolute atomic E-state index is 12.6. The van der Waals surface area contributed by atoms with Gasteiger partial charge in [-0.2, -0.15) is 0 Å². The summed E-state index contributed by atoms with van der Waals surface area (Å²) in [7, 11) is 3.50. The molecule has 3 aromatic heterocycles. The summed E-state index contributed by atoms with van der Waals surface area (Å²) in [6.45, 7) is 1.83. The molecular formula is C21H25N7O2. The van der Waals surface area contributed by atoms with Crippen LogP contribution in [-0.2, 0) is 6.42 Å². The molecule has 0 radical (unpaired) electrons. The molecule has 1 N–H and O–H groups in total. The summed E-state index contributed by atoms with van der Waals surface area (Å²) in [6.07, 6.45) is 6.83. The Balaban J connectivity index is 1.45. The van der Waals surface area contributed by atoms with Crippen molar-refractivity contribution in [2.45, 2.75) is 18.8 Å². The van der Waals surface area contributed by atoms with Crippen LogP contribution >= 0.6 is 0 Å². The van der Waals surface area contributed by atoms with Gasteiger partial charge in [0.25, 0.3) is 5.91 Å². The second-order valence-corrected chi connectivity index (χ2v) is 7.67. The number of rotatable bonds is 5. The van der Waals surface area contributed by atoms with Crippen molar-refractivity contribution >= 4 is 17.6 Å². The zero-order valence-electron chi connectivity index (χ0n) is 17.2. The van der Waals surface area contributed by atoms with E-state index in [4.69, 9.17) is 0 Å². The van der Waals surface area contributed by atoms with Gasteiger partial charge in [-0.1, -0.05) is 0 Å². The predicted octanol–water partition coefficient (Wildman–Crippen LogP) is 1.57. The highest BCUT2D eigenvalue weighted by molar-refractivity contribution is 5.94. The zero-order valence-corrected chi connectivity index (χ0v) is 17.2. The first-order valence-corrected chi connectivity index (χ1v) is 10.0. The molecule has 30 heavy (non-hydrogen) atoms. The molecule has 0 bridgehead atoms. The van der Waals surface area contributed by atoms with Crippen molar-refractivity contribution in [3.8, 4) is 0 Å². The Kier molecular flexibility index (Phi) is 5.60. The molecule has 3 aromatic rings. The molecule has 1 aliphatic rings. The van der Waals surface area contributed by atoms with Gasteiger partial charge in [-0.3, -0.25) is 14.2 Å². The summed E-state index contributed by atoms with van der Waals surface area (Å²) in [5, 5.41) is 11.5. The van der Waals surface area contributed by atoms with Crippen LogP contribution in [0.2, 0.25) is 0 Å². The van der Waals surface area contributed by atoms with E-state index < -0.39 is 0 Å². The molecule has 0 unspecified atom stereocenters. The van der Waals surface area contributed by atoms with Crippen LogP contribution in [0.4, 0.5) is 4.79 Å². The molecule has 3 amide bonds. The second kappa shape index (κ2) is 8.48. The van der Waals surface area contributed by atoms with E-state index in [0.717, 1.165) is 24.2 Å². The highest BCUT2D eigenvalue weighted by Crippen LogP contribution is 2.27. The second-order valence-electron chi connectivity index (χ2n) is 7.67. The first-order chi connectivity index (χ1) is 14.5. The fraction of sp³-hybridized carbons (Fsp3) is 0.381. The summed E-state index contributed by atoms with van der Waals surface area (Å²) >= 11 is 0. The van der Waals surface area contributed by atoms with Gasteiger partial charge in [-0.15, -0.1) is 10.2 Å². The van der Waals surface area contributed by atoms with Crippen molar-refractivity contribution in [2.75, 3.05) is 33.7 Å². The van der Waals surface area contributed by atoms with Gasteiger partial charge in [0.15, 0.2) is 5.65 Å². The van der Waals surface area contributed by atoms with E-state index >= 15 is 0 Å². The third-order valence-electron chi connectivity index (χ3n) is 5.35. The van der Waals surface area contributed by atoms with Crippen LogP contribution < -0.4 is 5.32 Å². The molecule has 0 aliphatic carbocycles. The monoisotopic (exact) mass is 407 g/mol. The third kappa shape index (κ3) is 4.10. The Bertz CT molecular complexity index is 1050. The van der Waals surface area contributed by atoms with Gasteiger partial charge in [-0.05, 0) is 42.7 Å². The van der Waals surface area contributed by atoms with Crippen LogP contribution in [-0.4, -0.2) is 75.0 Å². The number of amides is 3. The first kappa shape index (κ1) is 19.8. The quantitative estimate of drug-likeness (QED) is 0.693. The van der Waals surface area contributed by atoms with Crippen molar-refractivity contribution in [3.63, 3.8) is 0 Å². The number of carbonyl (C=O) groups is 2. The van der Waals surface area contributed by atoms with Gasteiger partial charge >= 0.3 is 6.03 Å². The number of pyridine rings is 2. The van der Waals surface area contributed by atoms with Crippen molar-refractivity contribution in [2.24, 2.45) is 0 Å². The predicted molar refractivity (Wildman–Crippen MR) is 111 cm³/mol. The molecular weight excluding hydrogens is 382 g/mol. The minimum atomic E-state index is -0.138. The Labute approximate surface area is 174 Å². The fourth-order valence-corrected chi connectivity index (χ4v) is 3.72. The van der Waals surface area contributed by atoms with E-state index in [1.54, 1.807) is 49.7 Å². The molecule has 4 rings (SSSR count). The number of hydrogen-bond acceptors (Lipinski definition) is 5. The van der Waals surface area contributed by atoms with Gasteiger partial charge in [0.2, 0.25) is 0 Å². The standard InChI is InChI=1S/C21H25N7O2/c1-26(2)21(30)27-12-8-16(13-27)19-25-24-18-4-3-17(14-28(18)19)20(29)23-11-7-15-5-9-22-10-6-15/h3-6,9-10,14,16H,7-8,11-13H2,1-2H3,(H,23,29)/t16-/m1/s1. The summed E-state index contributed by atoms with van der Waals surface area (Å²) in [4.78, 5) is 32.2. The highest BCUT2D eigenvalue weighted by Gasteiger charge is 2.31. The fourth-order valence-electron chi connectivity index (χ4n) is 3.72. The smallest absolute Gasteiger partial charge is 0.319 e. The Morgan fingerprint density at radius 1 is 1.17 bits per heavy atom. The summed E-state index contributed by atoms with van der Waals surface area (Å²) < 4.78 is 1.87. The zero-order chi connectivity index (χ0) is 21.1. The molecule has 0 spiro atoms. The molecule has 1 aliphatic heterocycles. The molecule has 9 heteroatoms. The van der Waals surface area contributed by atoms with E-state index in [0.29, 0.717) is 30.8 Å². The summed E-state index contributed by atoms with van der Waals surface area (Å²) in [5.41, 5.74) is 2.37. The average molecular weight is 407 g/mol. The van der Waals surface area contributed by atoms with Crippen LogP contribution in [0.3, 0.4) is 0 Å². The van der Waals surface area contributed by atoms with Crippen molar-refractivity contribution in [1.82, 2.24) is 34.7 Å². The van der Waals surface area contributed by atoms with Crippen molar-refractivity contribution in [3.05, 3.63) is 59.8 Å². The van der Waals surface area contributed by atoms with Gasteiger partial charge < -0.3 is 15.1 Å². The van der Waals surface area contributed by atoms with Crippen LogP contribution in [0.1, 0.15) is 34.1 Å². The summed E-state index contributed by atoms with van der Waals surface area (Å²) in [6, 6.07) is 7.43. The molecule has 1 atom stereocenters. The number of carbonyl (C=O) groups excluding carboxylic acids is 2. The number of aromatic nitrogens is 4. The van der Waals surface area contributed by atoms with E-state index in [2.05, 4.69) is 20.5 Å². The minimum Gasteiger partial charge on any atom is -0.352 e. The first-order valence-electron chi connectivity index (χ1n) is 10.0. The normalized spacial score (nSPS) is 16.1. The van der Waals surface area contributed by atoms with Crippen LogP contribution in [0.15, 0.2) is 42.9 Å². The molecule has 156 valence electrons. The number of fused-ring (bicyclic) bond motifs is 1. The number of nitrogens with zero attached hydrogens (tertiary/aromatic N) is 6. The van der Waals surface area contributed by atoms with Crippen LogP contribution in [0, 0.1) is 0 Å². The Morgan fingerprint density at radius 3 is 2.73 bits per heavy atom. The van der Waals surface area contributed by atoms with E-state index in [1.807, 2.05) is 21.4 Å². The SMILES string of the molecule is CN(C)C(=O)N1CC[C@@H](c2nnc3ccc(C(=O)NCCc4ccncc4)cn23)C1. The molecule has 9 nitrogen and oxygen atoms in total. The molecule has 0 saturated carbocycles. The van der Waals surface area contributed by atoms with Crippen molar-refractivity contribution in [1.29, 1.82) is 0 Å². The third-order valence-corrected chi connectivity index (χ3v) is 5.35. The minimum absolute atomic E-state index is 0.000542. The Morgan fingerprint density at radius 2 is 1.97 bits per heavy atom. The number of hydrogen-bond donors (Lipinski definition) is 1. The van der Waals surface area contributed by atoms with Crippen LogP contribution in [0.5, 0.6) is 0 Å². The lowest BCUT2D eigenvalue weighted by Gasteiger charge is -2.21. The lowest BCUT2D eigenvalue weighted by Crippen LogP contribution is -2.37. The number of likely N-dealkylation sites (tertiary alicyclic amines) is 1. The van der Waals surface area contributed by atoms with Gasteiger partial charge in [0, 0.05) is 58.2 Å². The largest absolute Gasteiger partial charge is 0.352 e. The van der Waals surface area contributed by atoms with Gasteiger partial charge in [0.05, 0.1) is 5.56 Å². The molecule has 1 saturated heterocycles. The molecule has 4 heterocycles. The van der Waals surface area contributed by atoms with E-state index in [1.165, 1.54) is 0 Å². The maximum Gasteiger partial charge on any atom is 0.319 e. The Hall–Kier alpha value is -3.49. The number of urea groups is 1. The lowest BCUT2D eigenvalue weighted by molar-refractivity contribution is 0.0953.